The van der Waals surface area contributed by atoms with Crippen molar-refractivity contribution in [2.24, 2.45) is 10.4 Å². The molecule has 0 amide bonds. The Labute approximate surface area is 211 Å². The van der Waals surface area contributed by atoms with Gasteiger partial charge in [-0.15, -0.1) is 0 Å². The van der Waals surface area contributed by atoms with Crippen molar-refractivity contribution in [1.82, 2.24) is 14.5 Å². The van der Waals surface area contributed by atoms with Crippen LogP contribution in [-0.4, -0.2) is 44.6 Å². The maximum Gasteiger partial charge on any atom is 0.450 e. The van der Waals surface area contributed by atoms with Gasteiger partial charge in [-0.1, -0.05) is 31.4 Å². The molecule has 7 nitrogen and oxygen atoms in total. The lowest BCUT2D eigenvalue weighted by molar-refractivity contribution is -0.146. The number of imidazole rings is 1. The Morgan fingerprint density at radius 2 is 1.89 bits per heavy atom. The molecule has 0 radical (unpaired) electrons. The lowest BCUT2D eigenvalue weighted by atomic mass is 9.58. The molecular weight excluding hydrogens is 485 g/mol. The molecule has 2 aliphatic carbocycles. The first kappa shape index (κ1) is 25.1. The second-order valence-corrected chi connectivity index (χ2v) is 9.57. The number of carbonyl (C=O) groups excluding carboxylic acids is 2. The molecule has 1 aromatic carbocycles. The molecule has 2 saturated carbocycles. The van der Waals surface area contributed by atoms with E-state index in [9.17, 15) is 22.8 Å². The van der Waals surface area contributed by atoms with E-state index in [1.54, 1.807) is 31.2 Å². The lowest BCUT2D eigenvalue weighted by Gasteiger charge is -2.44. The number of ketones is 1. The summed E-state index contributed by atoms with van der Waals surface area (Å²) in [5, 5.41) is 0. The van der Waals surface area contributed by atoms with E-state index in [-0.39, 0.29) is 42.1 Å². The van der Waals surface area contributed by atoms with Crippen LogP contribution in [0.25, 0.3) is 16.9 Å². The van der Waals surface area contributed by atoms with Gasteiger partial charge in [0.2, 0.25) is 5.82 Å². The summed E-state index contributed by atoms with van der Waals surface area (Å²) < 4.78 is 47.4. The summed E-state index contributed by atoms with van der Waals surface area (Å²) in [4.78, 5) is 37.8. The molecule has 3 aromatic rings. The molecule has 1 spiro atoms. The number of carbonyl (C=O) groups is 2. The number of Topliss-reactive ketones (excluding diaryl/α,β-unsaturated/α-hetero) is 1. The van der Waals surface area contributed by atoms with Crippen molar-refractivity contribution < 1.29 is 27.5 Å². The van der Waals surface area contributed by atoms with Gasteiger partial charge in [-0.25, -0.2) is 14.8 Å². The number of rotatable bonds is 6. The fourth-order valence-corrected chi connectivity index (χ4v) is 5.40. The van der Waals surface area contributed by atoms with Crippen molar-refractivity contribution in [3.05, 3.63) is 54.0 Å². The highest BCUT2D eigenvalue weighted by Crippen LogP contribution is 2.47. The largest absolute Gasteiger partial charge is 0.464 e. The molecule has 0 aliphatic heterocycles. The number of aromatic nitrogens is 3. The Morgan fingerprint density at radius 3 is 2.54 bits per heavy atom. The van der Waals surface area contributed by atoms with Gasteiger partial charge in [0, 0.05) is 30.4 Å². The summed E-state index contributed by atoms with van der Waals surface area (Å²) in [6.07, 6.45) is 1.78. The second kappa shape index (κ2) is 9.72. The summed E-state index contributed by atoms with van der Waals surface area (Å²) in [5.74, 6) is -1.34. The first-order valence-corrected chi connectivity index (χ1v) is 12.5. The highest BCUT2D eigenvalue weighted by atomic mass is 19.4. The van der Waals surface area contributed by atoms with Crippen molar-refractivity contribution in [2.75, 3.05) is 6.61 Å². The van der Waals surface area contributed by atoms with Gasteiger partial charge in [-0.05, 0) is 49.6 Å². The smallest absolute Gasteiger partial charge is 0.450 e. The average Bonchev–Trinajstić information content (AvgIpc) is 3.29. The average molecular weight is 513 g/mol. The van der Waals surface area contributed by atoms with Crippen LogP contribution in [0.3, 0.4) is 0 Å². The van der Waals surface area contributed by atoms with Gasteiger partial charge in [-0.3, -0.25) is 14.4 Å². The number of halogens is 3. The fourth-order valence-electron chi connectivity index (χ4n) is 5.40. The number of benzene rings is 1. The number of hydrogen-bond acceptors (Lipinski definition) is 6. The summed E-state index contributed by atoms with van der Waals surface area (Å²) >= 11 is 0. The third kappa shape index (κ3) is 4.65. The van der Waals surface area contributed by atoms with Crippen LogP contribution < -0.4 is 0 Å². The van der Waals surface area contributed by atoms with Crippen molar-refractivity contribution in [1.29, 1.82) is 0 Å². The number of hydrogen-bond donors (Lipinski definition) is 0. The molecule has 5 rings (SSSR count). The molecule has 0 bridgehead atoms. The van der Waals surface area contributed by atoms with E-state index in [2.05, 4.69) is 9.97 Å². The highest BCUT2D eigenvalue weighted by Gasteiger charge is 2.52. The molecule has 0 saturated heterocycles. The van der Waals surface area contributed by atoms with E-state index in [4.69, 9.17) is 9.73 Å². The zero-order valence-corrected chi connectivity index (χ0v) is 20.4. The molecule has 2 aromatic heterocycles. The maximum absolute atomic E-state index is 13.7. The fraction of sp³-hybridized carbons (Fsp3) is 0.444. The molecule has 2 aliphatic rings. The Hall–Kier alpha value is -3.56. The third-order valence-electron chi connectivity index (χ3n) is 7.28. The molecule has 2 heterocycles. The zero-order chi connectivity index (χ0) is 26.2. The van der Waals surface area contributed by atoms with E-state index < -0.39 is 29.4 Å². The third-order valence-corrected chi connectivity index (χ3v) is 7.28. The summed E-state index contributed by atoms with van der Waals surface area (Å²) in [7, 11) is 0. The summed E-state index contributed by atoms with van der Waals surface area (Å²) in [5.41, 5.74) is 1.45. The van der Waals surface area contributed by atoms with Crippen molar-refractivity contribution in [3.63, 3.8) is 0 Å². The van der Waals surface area contributed by atoms with Crippen molar-refractivity contribution in [3.8, 4) is 5.69 Å². The van der Waals surface area contributed by atoms with Crippen LogP contribution in [0.2, 0.25) is 0 Å². The number of esters is 1. The normalized spacial score (nSPS) is 19.2. The van der Waals surface area contributed by atoms with Crippen LogP contribution in [0.4, 0.5) is 13.2 Å². The minimum atomic E-state index is -4.67. The summed E-state index contributed by atoms with van der Waals surface area (Å²) in [6.45, 7) is 1.91. The minimum Gasteiger partial charge on any atom is -0.464 e. The predicted molar refractivity (Wildman–Crippen MR) is 131 cm³/mol. The van der Waals surface area contributed by atoms with Crippen LogP contribution in [0.1, 0.15) is 56.8 Å². The molecule has 10 heteroatoms. The quantitative estimate of drug-likeness (QED) is 0.420. The van der Waals surface area contributed by atoms with Crippen LogP contribution in [0.5, 0.6) is 0 Å². The van der Waals surface area contributed by atoms with Gasteiger partial charge in [0.15, 0.2) is 11.7 Å². The second-order valence-electron chi connectivity index (χ2n) is 9.57. The SMILES string of the molecule is CCOC(=O)[C@H](Cc1ccc(-n2c(C(F)(F)F)nc3cccnc32)cc1)N=C1CC(=O)C12CCCCC2. The van der Waals surface area contributed by atoms with Crippen molar-refractivity contribution >= 4 is 28.6 Å². The predicted octanol–water partition coefficient (Wildman–Crippen LogP) is 5.28. The van der Waals surface area contributed by atoms with E-state index >= 15 is 0 Å². The van der Waals surface area contributed by atoms with Gasteiger partial charge in [0.25, 0.3) is 0 Å². The van der Waals surface area contributed by atoms with Gasteiger partial charge >= 0.3 is 12.1 Å². The first-order chi connectivity index (χ1) is 17.7. The van der Waals surface area contributed by atoms with Crippen LogP contribution in [0.15, 0.2) is 47.6 Å². The van der Waals surface area contributed by atoms with Gasteiger partial charge in [0.05, 0.1) is 12.0 Å². The molecule has 0 unspecified atom stereocenters. The Bertz CT molecular complexity index is 1360. The van der Waals surface area contributed by atoms with Crippen molar-refractivity contribution in [2.45, 2.75) is 64.1 Å². The monoisotopic (exact) mass is 512 g/mol. The van der Waals surface area contributed by atoms with E-state index in [1.165, 1.54) is 18.3 Å². The number of alkyl halides is 3. The highest BCUT2D eigenvalue weighted by molar-refractivity contribution is 6.27. The standard InChI is InChI=1S/C27H27F3N4O3/c1-2-37-24(36)20(32-21-16-22(35)26(21)12-4-3-5-13-26)15-17-8-10-18(11-9-17)34-23-19(7-6-14-31-23)33-25(34)27(28,29)30/h6-11,14,20H,2-5,12-13,15-16H2,1H3/t20-/m0/s1. The number of pyridine rings is 1. The Kier molecular flexibility index (Phi) is 6.59. The molecule has 0 N–H and O–H groups in total. The maximum atomic E-state index is 13.7. The van der Waals surface area contributed by atoms with Gasteiger partial charge in [0.1, 0.15) is 11.3 Å². The molecule has 1 atom stereocenters. The van der Waals surface area contributed by atoms with Gasteiger partial charge < -0.3 is 4.74 Å². The van der Waals surface area contributed by atoms with E-state index in [1.807, 2.05) is 0 Å². The Morgan fingerprint density at radius 1 is 1.16 bits per heavy atom. The molecular formula is C27H27F3N4O3. The number of fused-ring (bicyclic) bond motifs is 1. The molecule has 194 valence electrons. The molecule has 2 fully saturated rings. The van der Waals surface area contributed by atoms with Gasteiger partial charge in [-0.2, -0.15) is 13.2 Å². The van der Waals surface area contributed by atoms with E-state index in [0.29, 0.717) is 5.56 Å². The van der Waals surface area contributed by atoms with E-state index in [0.717, 1.165) is 42.4 Å². The topological polar surface area (TPSA) is 86.4 Å². The van der Waals surface area contributed by atoms with Crippen LogP contribution in [-0.2, 0) is 26.9 Å². The zero-order valence-electron chi connectivity index (χ0n) is 20.4. The lowest BCUT2D eigenvalue weighted by Crippen LogP contribution is -2.52. The number of ether oxygens (including phenoxy) is 1. The van der Waals surface area contributed by atoms with Crippen LogP contribution >= 0.6 is 0 Å². The number of aliphatic imine (C=N–C) groups is 1. The van der Waals surface area contributed by atoms with Crippen LogP contribution in [0, 0.1) is 5.41 Å². The summed E-state index contributed by atoms with van der Waals surface area (Å²) in [6, 6.07) is 8.62. The minimum absolute atomic E-state index is 0.103. The Balaban J connectivity index is 1.44. The molecule has 37 heavy (non-hydrogen) atoms. The first-order valence-electron chi connectivity index (χ1n) is 12.5. The number of nitrogens with zero attached hydrogens (tertiary/aromatic N) is 4.